The van der Waals surface area contributed by atoms with Crippen LogP contribution in [0.2, 0.25) is 0 Å². The second-order valence-electron chi connectivity index (χ2n) is 6.21. The smallest absolute Gasteiger partial charge is 0.323 e. The zero-order valence-corrected chi connectivity index (χ0v) is 15.7. The first-order valence-corrected chi connectivity index (χ1v) is 8.43. The lowest BCUT2D eigenvalue weighted by molar-refractivity contribution is -0.391. The van der Waals surface area contributed by atoms with Crippen LogP contribution in [0.25, 0.3) is 0 Å². The molecule has 1 fully saturated rings. The van der Waals surface area contributed by atoms with E-state index in [-0.39, 0.29) is 30.2 Å². The van der Waals surface area contributed by atoms with Gasteiger partial charge < -0.3 is 20.3 Å². The lowest BCUT2D eigenvalue weighted by atomic mass is 10.0. The van der Waals surface area contributed by atoms with Gasteiger partial charge in [0.05, 0.1) is 13.1 Å². The van der Waals surface area contributed by atoms with E-state index in [1.807, 2.05) is 0 Å². The standard InChI is InChI=1S/C18H22N4O3.ClH/c1-3-13-4-6-14(7-5-13)16-12-19-10-11-21(16)18(23)15-8-9-17(20(15)2)22(24)25;/h4-9,16,19H,3,10-12H2,1-2H3;1H. The number of hydrogen-bond acceptors (Lipinski definition) is 4. The molecule has 1 N–H and O–H groups in total. The Morgan fingerprint density at radius 1 is 1.27 bits per heavy atom. The minimum atomic E-state index is -0.477. The highest BCUT2D eigenvalue weighted by atomic mass is 35.5. The zero-order chi connectivity index (χ0) is 18.0. The molecule has 0 spiro atoms. The second-order valence-corrected chi connectivity index (χ2v) is 6.21. The van der Waals surface area contributed by atoms with Crippen molar-refractivity contribution in [1.29, 1.82) is 0 Å². The fraction of sp³-hybridized carbons (Fsp3) is 0.389. The number of nitrogens with one attached hydrogen (secondary N) is 1. The molecule has 1 saturated heterocycles. The molecule has 26 heavy (non-hydrogen) atoms. The van der Waals surface area contributed by atoms with Crippen LogP contribution in [-0.4, -0.2) is 39.9 Å². The third-order valence-corrected chi connectivity index (χ3v) is 4.78. The van der Waals surface area contributed by atoms with E-state index in [4.69, 9.17) is 0 Å². The van der Waals surface area contributed by atoms with Gasteiger partial charge in [-0.2, -0.15) is 0 Å². The fourth-order valence-electron chi connectivity index (χ4n) is 3.27. The molecule has 140 valence electrons. The molecule has 2 aromatic rings. The largest absolute Gasteiger partial charge is 0.358 e. The summed E-state index contributed by atoms with van der Waals surface area (Å²) in [5.41, 5.74) is 2.66. The zero-order valence-electron chi connectivity index (χ0n) is 14.8. The Hall–Kier alpha value is -2.38. The molecule has 1 aromatic carbocycles. The van der Waals surface area contributed by atoms with E-state index in [9.17, 15) is 14.9 Å². The average Bonchev–Trinajstić information content (AvgIpc) is 3.03. The van der Waals surface area contributed by atoms with Gasteiger partial charge in [0.2, 0.25) is 0 Å². The Bertz CT molecular complexity index is 788. The minimum Gasteiger partial charge on any atom is -0.358 e. The van der Waals surface area contributed by atoms with E-state index in [0.717, 1.165) is 12.0 Å². The molecular formula is C18H23ClN4O3. The van der Waals surface area contributed by atoms with Crippen LogP contribution in [0.15, 0.2) is 36.4 Å². The summed E-state index contributed by atoms with van der Waals surface area (Å²) in [7, 11) is 1.55. The number of halogens is 1. The summed E-state index contributed by atoms with van der Waals surface area (Å²) in [6.07, 6.45) is 0.971. The van der Waals surface area contributed by atoms with Gasteiger partial charge in [-0.15, -0.1) is 12.4 Å². The number of amides is 1. The van der Waals surface area contributed by atoms with Gasteiger partial charge in [-0.3, -0.25) is 4.79 Å². The van der Waals surface area contributed by atoms with Gasteiger partial charge >= 0.3 is 5.82 Å². The van der Waals surface area contributed by atoms with E-state index in [0.29, 0.717) is 25.3 Å². The fourth-order valence-corrected chi connectivity index (χ4v) is 3.27. The van der Waals surface area contributed by atoms with Crippen molar-refractivity contribution in [2.45, 2.75) is 19.4 Å². The summed E-state index contributed by atoms with van der Waals surface area (Å²) < 4.78 is 1.35. The van der Waals surface area contributed by atoms with Gasteiger partial charge in [0.1, 0.15) is 0 Å². The van der Waals surface area contributed by atoms with Gasteiger partial charge in [-0.05, 0) is 28.5 Å². The first-order chi connectivity index (χ1) is 12.0. The van der Waals surface area contributed by atoms with Gasteiger partial charge in [0.15, 0.2) is 5.69 Å². The molecule has 1 atom stereocenters. The van der Waals surface area contributed by atoms with Crippen LogP contribution in [0.1, 0.15) is 34.6 Å². The van der Waals surface area contributed by atoms with E-state index >= 15 is 0 Å². The molecule has 7 nitrogen and oxygen atoms in total. The summed E-state index contributed by atoms with van der Waals surface area (Å²) in [6, 6.07) is 11.1. The maximum absolute atomic E-state index is 13.0. The summed E-state index contributed by atoms with van der Waals surface area (Å²) >= 11 is 0. The molecule has 0 aliphatic carbocycles. The summed E-state index contributed by atoms with van der Waals surface area (Å²) in [5.74, 6) is -0.260. The molecule has 2 heterocycles. The first kappa shape index (κ1) is 19.9. The molecule has 1 aliphatic rings. The van der Waals surface area contributed by atoms with Crippen molar-refractivity contribution >= 4 is 24.1 Å². The number of benzene rings is 1. The highest BCUT2D eigenvalue weighted by Gasteiger charge is 2.32. The van der Waals surface area contributed by atoms with E-state index in [2.05, 4.69) is 36.5 Å². The number of nitro groups is 1. The van der Waals surface area contributed by atoms with E-state index < -0.39 is 4.92 Å². The number of nitrogens with zero attached hydrogens (tertiary/aromatic N) is 3. The average molecular weight is 379 g/mol. The van der Waals surface area contributed by atoms with Crippen molar-refractivity contribution in [3.63, 3.8) is 0 Å². The molecule has 8 heteroatoms. The van der Waals surface area contributed by atoms with Crippen molar-refractivity contribution in [2.75, 3.05) is 19.6 Å². The third-order valence-electron chi connectivity index (χ3n) is 4.78. The molecule has 3 rings (SSSR count). The summed E-state index contributed by atoms with van der Waals surface area (Å²) in [5, 5.41) is 14.4. The Morgan fingerprint density at radius 3 is 2.54 bits per heavy atom. The van der Waals surface area contributed by atoms with Gasteiger partial charge in [-0.1, -0.05) is 31.2 Å². The maximum Gasteiger partial charge on any atom is 0.323 e. The Morgan fingerprint density at radius 2 is 1.96 bits per heavy atom. The number of carbonyl (C=O) groups is 1. The lowest BCUT2D eigenvalue weighted by Crippen LogP contribution is -2.49. The Balaban J connectivity index is 0.00000243. The number of aryl methyl sites for hydroxylation is 1. The Kier molecular flexibility index (Phi) is 6.39. The van der Waals surface area contributed by atoms with Crippen LogP contribution < -0.4 is 5.32 Å². The van der Waals surface area contributed by atoms with Crippen LogP contribution >= 0.6 is 12.4 Å². The number of carbonyl (C=O) groups excluding carboxylic acids is 1. The van der Waals surface area contributed by atoms with Crippen LogP contribution in [0.3, 0.4) is 0 Å². The molecule has 1 unspecified atom stereocenters. The van der Waals surface area contributed by atoms with E-state index in [1.54, 1.807) is 11.9 Å². The van der Waals surface area contributed by atoms with Crippen LogP contribution in [0.5, 0.6) is 0 Å². The number of hydrogen-bond donors (Lipinski definition) is 1. The van der Waals surface area contributed by atoms with Crippen molar-refractivity contribution in [3.8, 4) is 0 Å². The molecule has 1 aliphatic heterocycles. The molecule has 1 amide bonds. The predicted molar refractivity (Wildman–Crippen MR) is 102 cm³/mol. The third kappa shape index (κ3) is 3.73. The quantitative estimate of drug-likeness (QED) is 0.655. The normalized spacial score (nSPS) is 16.8. The highest BCUT2D eigenvalue weighted by molar-refractivity contribution is 5.93. The molecule has 0 saturated carbocycles. The second kappa shape index (κ2) is 8.33. The summed E-state index contributed by atoms with van der Waals surface area (Å²) in [4.78, 5) is 25.4. The number of aromatic nitrogens is 1. The van der Waals surface area contributed by atoms with Gasteiger partial charge in [0.25, 0.3) is 5.91 Å². The predicted octanol–water partition coefficient (Wildman–Crippen LogP) is 2.70. The van der Waals surface area contributed by atoms with Crippen molar-refractivity contribution in [2.24, 2.45) is 7.05 Å². The molecule has 0 radical (unpaired) electrons. The van der Waals surface area contributed by atoms with Gasteiger partial charge in [0, 0.05) is 25.7 Å². The molecule has 1 aromatic heterocycles. The maximum atomic E-state index is 13.0. The lowest BCUT2D eigenvalue weighted by Gasteiger charge is -2.36. The SMILES string of the molecule is CCc1ccc(C2CNCCN2C(=O)c2ccc([N+](=O)[O-])n2C)cc1.Cl. The number of piperazine rings is 1. The van der Waals surface area contributed by atoms with Crippen molar-refractivity contribution in [3.05, 3.63) is 63.3 Å². The monoisotopic (exact) mass is 378 g/mol. The van der Waals surface area contributed by atoms with Crippen LogP contribution in [0, 0.1) is 10.1 Å². The highest BCUT2D eigenvalue weighted by Crippen LogP contribution is 2.26. The molecular weight excluding hydrogens is 356 g/mol. The Labute approximate surface area is 158 Å². The molecule has 0 bridgehead atoms. The van der Waals surface area contributed by atoms with E-state index in [1.165, 1.54) is 22.3 Å². The number of rotatable bonds is 4. The minimum absolute atomic E-state index is 0. The van der Waals surface area contributed by atoms with Crippen LogP contribution in [-0.2, 0) is 13.5 Å². The van der Waals surface area contributed by atoms with Crippen molar-refractivity contribution in [1.82, 2.24) is 14.8 Å². The first-order valence-electron chi connectivity index (χ1n) is 8.43. The van der Waals surface area contributed by atoms with Crippen molar-refractivity contribution < 1.29 is 9.72 Å². The summed E-state index contributed by atoms with van der Waals surface area (Å²) in [6.45, 7) is 4.05. The topological polar surface area (TPSA) is 80.4 Å². The van der Waals surface area contributed by atoms with Crippen LogP contribution in [0.4, 0.5) is 5.82 Å². The van der Waals surface area contributed by atoms with Gasteiger partial charge in [-0.25, -0.2) is 4.57 Å².